The number of benzene rings is 1. The lowest BCUT2D eigenvalue weighted by atomic mass is 10.1. The van der Waals surface area contributed by atoms with Gasteiger partial charge in [-0.3, -0.25) is 14.5 Å². The van der Waals surface area contributed by atoms with Gasteiger partial charge in [-0.15, -0.1) is 0 Å². The molecule has 1 fully saturated rings. The van der Waals surface area contributed by atoms with Crippen LogP contribution in [0.5, 0.6) is 0 Å². The van der Waals surface area contributed by atoms with Crippen LogP contribution in [-0.4, -0.2) is 53.5 Å². The second-order valence-corrected chi connectivity index (χ2v) is 7.89. The van der Waals surface area contributed by atoms with E-state index in [1.54, 1.807) is 6.92 Å². The molecule has 0 N–H and O–H groups in total. The Labute approximate surface area is 178 Å². The summed E-state index contributed by atoms with van der Waals surface area (Å²) in [5.41, 5.74) is 1.19. The fourth-order valence-electron chi connectivity index (χ4n) is 3.60. The van der Waals surface area contributed by atoms with Crippen LogP contribution < -0.4 is 0 Å². The molecule has 2 aromatic rings. The normalized spacial score (nSPS) is 14.5. The van der Waals surface area contributed by atoms with E-state index in [1.165, 1.54) is 5.56 Å². The predicted molar refractivity (Wildman–Crippen MR) is 115 cm³/mol. The van der Waals surface area contributed by atoms with Crippen molar-refractivity contribution in [1.82, 2.24) is 9.80 Å². The van der Waals surface area contributed by atoms with Gasteiger partial charge < -0.3 is 14.1 Å². The van der Waals surface area contributed by atoms with Crippen molar-refractivity contribution in [2.75, 3.05) is 19.7 Å². The predicted octanol–water partition coefficient (Wildman–Crippen LogP) is 3.58. The second kappa shape index (κ2) is 10.4. The summed E-state index contributed by atoms with van der Waals surface area (Å²) in [6.45, 7) is 7.09. The van der Waals surface area contributed by atoms with Crippen molar-refractivity contribution < 1.29 is 18.7 Å². The SMILES string of the molecule is CCOC(=O)C(C)N(CC(=O)N(CCc1ccccc1)Cc1ccc(C)o1)C1CC1. The minimum Gasteiger partial charge on any atom is -0.465 e. The highest BCUT2D eigenvalue weighted by Crippen LogP contribution is 2.29. The first kappa shape index (κ1) is 22.1. The van der Waals surface area contributed by atoms with Crippen molar-refractivity contribution in [3.63, 3.8) is 0 Å². The number of rotatable bonds is 11. The van der Waals surface area contributed by atoms with Crippen LogP contribution in [0.1, 0.15) is 43.8 Å². The molecule has 1 aliphatic carbocycles. The number of carbonyl (C=O) groups excluding carboxylic acids is 2. The van der Waals surface area contributed by atoms with Crippen molar-refractivity contribution >= 4 is 11.9 Å². The van der Waals surface area contributed by atoms with Gasteiger partial charge in [0.15, 0.2) is 0 Å². The molecule has 0 bridgehead atoms. The van der Waals surface area contributed by atoms with E-state index >= 15 is 0 Å². The molecule has 1 heterocycles. The van der Waals surface area contributed by atoms with E-state index in [0.29, 0.717) is 19.7 Å². The van der Waals surface area contributed by atoms with E-state index in [-0.39, 0.29) is 24.5 Å². The van der Waals surface area contributed by atoms with Crippen LogP contribution in [0.15, 0.2) is 46.9 Å². The van der Waals surface area contributed by atoms with Crippen LogP contribution in [-0.2, 0) is 27.3 Å². The number of hydrogen-bond donors (Lipinski definition) is 0. The molecule has 0 saturated heterocycles. The fraction of sp³-hybridized carbons (Fsp3) is 0.500. The Bertz CT molecular complexity index is 829. The number of ether oxygens (including phenoxy) is 1. The van der Waals surface area contributed by atoms with Gasteiger partial charge in [-0.1, -0.05) is 30.3 Å². The topological polar surface area (TPSA) is 63.0 Å². The molecule has 1 amide bonds. The van der Waals surface area contributed by atoms with Gasteiger partial charge >= 0.3 is 5.97 Å². The average molecular weight is 413 g/mol. The molecule has 6 heteroatoms. The summed E-state index contributed by atoms with van der Waals surface area (Å²) >= 11 is 0. The van der Waals surface area contributed by atoms with Crippen LogP contribution in [0.25, 0.3) is 0 Å². The average Bonchev–Trinajstić information content (AvgIpc) is 3.50. The van der Waals surface area contributed by atoms with E-state index in [4.69, 9.17) is 9.15 Å². The number of aryl methyl sites for hydroxylation is 1. The van der Waals surface area contributed by atoms with Gasteiger partial charge in [0.05, 0.1) is 19.7 Å². The van der Waals surface area contributed by atoms with Gasteiger partial charge in [-0.2, -0.15) is 0 Å². The Balaban J connectivity index is 1.69. The zero-order valence-corrected chi connectivity index (χ0v) is 18.2. The van der Waals surface area contributed by atoms with Gasteiger partial charge in [0.25, 0.3) is 0 Å². The third-order valence-corrected chi connectivity index (χ3v) is 5.47. The van der Waals surface area contributed by atoms with Crippen LogP contribution in [0.4, 0.5) is 0 Å². The minimum atomic E-state index is -0.428. The Morgan fingerprint density at radius 3 is 2.50 bits per heavy atom. The molecule has 162 valence electrons. The Kier molecular flexibility index (Phi) is 7.69. The summed E-state index contributed by atoms with van der Waals surface area (Å²) < 4.78 is 10.9. The van der Waals surface area contributed by atoms with E-state index in [2.05, 4.69) is 12.1 Å². The summed E-state index contributed by atoms with van der Waals surface area (Å²) in [6, 6.07) is 13.8. The first-order valence-corrected chi connectivity index (χ1v) is 10.8. The second-order valence-electron chi connectivity index (χ2n) is 7.89. The van der Waals surface area contributed by atoms with Gasteiger partial charge in [0, 0.05) is 12.6 Å². The molecule has 1 atom stereocenters. The molecule has 0 radical (unpaired) electrons. The summed E-state index contributed by atoms with van der Waals surface area (Å²) in [6.07, 6.45) is 2.79. The third-order valence-electron chi connectivity index (χ3n) is 5.47. The molecule has 1 aromatic heterocycles. The summed E-state index contributed by atoms with van der Waals surface area (Å²) in [5, 5.41) is 0. The molecule has 30 heavy (non-hydrogen) atoms. The zero-order chi connectivity index (χ0) is 21.5. The van der Waals surface area contributed by atoms with E-state index < -0.39 is 6.04 Å². The first-order valence-electron chi connectivity index (χ1n) is 10.8. The van der Waals surface area contributed by atoms with Gasteiger partial charge in [0.1, 0.15) is 17.6 Å². The summed E-state index contributed by atoms with van der Waals surface area (Å²) in [5.74, 6) is 1.33. The van der Waals surface area contributed by atoms with Gasteiger partial charge in [-0.05, 0) is 57.7 Å². The first-order chi connectivity index (χ1) is 14.5. The molecule has 3 rings (SSSR count). The Morgan fingerprint density at radius 1 is 1.17 bits per heavy atom. The molecule has 0 spiro atoms. The number of esters is 1. The monoisotopic (exact) mass is 412 g/mol. The lowest BCUT2D eigenvalue weighted by molar-refractivity contribution is -0.150. The quantitative estimate of drug-likeness (QED) is 0.528. The number of furan rings is 1. The highest BCUT2D eigenvalue weighted by Gasteiger charge is 2.37. The maximum Gasteiger partial charge on any atom is 0.323 e. The Morgan fingerprint density at radius 2 is 1.90 bits per heavy atom. The van der Waals surface area contributed by atoms with Crippen LogP contribution in [0.2, 0.25) is 0 Å². The van der Waals surface area contributed by atoms with E-state index in [1.807, 2.05) is 54.0 Å². The zero-order valence-electron chi connectivity index (χ0n) is 18.2. The van der Waals surface area contributed by atoms with Crippen molar-refractivity contribution in [1.29, 1.82) is 0 Å². The summed E-state index contributed by atoms with van der Waals surface area (Å²) in [7, 11) is 0. The summed E-state index contributed by atoms with van der Waals surface area (Å²) in [4.78, 5) is 29.4. The third kappa shape index (κ3) is 6.20. The molecule has 6 nitrogen and oxygen atoms in total. The van der Waals surface area contributed by atoms with E-state index in [9.17, 15) is 9.59 Å². The highest BCUT2D eigenvalue weighted by atomic mass is 16.5. The smallest absolute Gasteiger partial charge is 0.323 e. The number of carbonyl (C=O) groups is 2. The maximum atomic E-state index is 13.3. The van der Waals surface area contributed by atoms with Gasteiger partial charge in [-0.25, -0.2) is 0 Å². The molecule has 1 aromatic carbocycles. The Hall–Kier alpha value is -2.60. The number of amides is 1. The molecule has 1 unspecified atom stereocenters. The van der Waals surface area contributed by atoms with Crippen molar-refractivity contribution in [2.45, 2.75) is 58.7 Å². The molecular weight excluding hydrogens is 380 g/mol. The van der Waals surface area contributed by atoms with E-state index in [0.717, 1.165) is 30.8 Å². The van der Waals surface area contributed by atoms with Gasteiger partial charge in [0.2, 0.25) is 5.91 Å². The van der Waals surface area contributed by atoms with Crippen LogP contribution in [0.3, 0.4) is 0 Å². The molecular formula is C24H32N2O4. The molecule has 1 aliphatic rings. The maximum absolute atomic E-state index is 13.3. The van der Waals surface area contributed by atoms with Crippen LogP contribution in [0, 0.1) is 6.92 Å². The number of hydrogen-bond acceptors (Lipinski definition) is 5. The highest BCUT2D eigenvalue weighted by molar-refractivity contribution is 5.80. The van der Waals surface area contributed by atoms with Crippen LogP contribution >= 0.6 is 0 Å². The molecule has 1 saturated carbocycles. The standard InChI is InChI=1S/C24H32N2O4/c1-4-29-24(28)19(3)26(21-11-12-21)17-23(27)25(16-22-13-10-18(2)30-22)15-14-20-8-6-5-7-9-20/h5-10,13,19,21H,4,11-12,14-17H2,1-3H3. The largest absolute Gasteiger partial charge is 0.465 e. The fourth-order valence-corrected chi connectivity index (χ4v) is 3.60. The lowest BCUT2D eigenvalue weighted by Crippen LogP contribution is -2.48. The number of nitrogens with zero attached hydrogens (tertiary/aromatic N) is 2. The van der Waals surface area contributed by atoms with Crippen molar-refractivity contribution in [3.05, 3.63) is 59.5 Å². The van der Waals surface area contributed by atoms with Crippen molar-refractivity contribution in [3.8, 4) is 0 Å². The minimum absolute atomic E-state index is 0.00281. The molecule has 0 aliphatic heterocycles. The lowest BCUT2D eigenvalue weighted by Gasteiger charge is -2.30. The van der Waals surface area contributed by atoms with Crippen molar-refractivity contribution in [2.24, 2.45) is 0 Å².